The first kappa shape index (κ1) is 20.5. The summed E-state index contributed by atoms with van der Waals surface area (Å²) in [6, 6.07) is 9.35. The number of aromatic nitrogens is 4. The first-order valence-electron chi connectivity index (χ1n) is 10.5. The zero-order valence-corrected chi connectivity index (χ0v) is 18.0. The van der Waals surface area contributed by atoms with Gasteiger partial charge in [-0.2, -0.15) is 4.98 Å². The van der Waals surface area contributed by atoms with Crippen molar-refractivity contribution in [2.24, 2.45) is 0 Å². The summed E-state index contributed by atoms with van der Waals surface area (Å²) in [5.74, 6) is 0.121. The first-order valence-corrected chi connectivity index (χ1v) is 10.5. The Labute approximate surface area is 183 Å². The quantitative estimate of drug-likeness (QED) is 0.476. The van der Waals surface area contributed by atoms with Gasteiger partial charge in [-0.15, -0.1) is 10.2 Å². The predicted octanol–water partition coefficient (Wildman–Crippen LogP) is 5.03. The van der Waals surface area contributed by atoms with Crippen LogP contribution in [0.5, 0.6) is 0 Å². The van der Waals surface area contributed by atoms with Gasteiger partial charge in [-0.3, -0.25) is 4.40 Å². The zero-order chi connectivity index (χ0) is 22.6. The molecule has 32 heavy (non-hydrogen) atoms. The summed E-state index contributed by atoms with van der Waals surface area (Å²) in [5.41, 5.74) is 1.66. The number of hydrogen-bond donors (Lipinski definition) is 1. The first-order chi connectivity index (χ1) is 15.2. The summed E-state index contributed by atoms with van der Waals surface area (Å²) in [7, 11) is 0. The number of nitrogens with zero attached hydrogens (tertiary/aromatic N) is 5. The van der Waals surface area contributed by atoms with Gasteiger partial charge < -0.3 is 10.0 Å². The minimum Gasteiger partial charge on any atom is -0.386 e. The van der Waals surface area contributed by atoms with Crippen LogP contribution < -0.4 is 4.90 Å². The second-order valence-electron chi connectivity index (χ2n) is 8.83. The third kappa shape index (κ3) is 3.71. The summed E-state index contributed by atoms with van der Waals surface area (Å²) in [4.78, 5) is 6.63. The summed E-state index contributed by atoms with van der Waals surface area (Å²) in [6.07, 6.45) is 5.14. The van der Waals surface area contributed by atoms with Crippen LogP contribution in [-0.4, -0.2) is 36.3 Å². The van der Waals surface area contributed by atoms with Crippen molar-refractivity contribution in [1.82, 2.24) is 19.6 Å². The van der Waals surface area contributed by atoms with Crippen LogP contribution in [0.2, 0.25) is 0 Å². The van der Waals surface area contributed by atoms with E-state index in [1.807, 2.05) is 11.0 Å². The van der Waals surface area contributed by atoms with Gasteiger partial charge in [-0.05, 0) is 81.1 Å². The Morgan fingerprint density at radius 1 is 1.16 bits per heavy atom. The molecule has 4 aromatic rings. The fraction of sp³-hybridized carbons (Fsp3) is 0.292. The zero-order valence-electron chi connectivity index (χ0n) is 18.0. The molecule has 1 fully saturated rings. The number of aliphatic hydroxyl groups is 1. The maximum atomic E-state index is 14.7. The van der Waals surface area contributed by atoms with Crippen molar-refractivity contribution in [2.75, 3.05) is 4.90 Å². The predicted molar refractivity (Wildman–Crippen MR) is 120 cm³/mol. The van der Waals surface area contributed by atoms with Gasteiger partial charge in [0.05, 0.1) is 11.1 Å². The smallest absolute Gasteiger partial charge is 0.257 e. The molecule has 0 unspecified atom stereocenters. The van der Waals surface area contributed by atoms with E-state index in [2.05, 4.69) is 15.2 Å². The molecule has 1 aliphatic rings. The van der Waals surface area contributed by atoms with Crippen molar-refractivity contribution >= 4 is 34.3 Å². The standard InChI is InChI=1S/C24H23F2N5O/c1-14(24(2,3)32)8-15-9-17(26)11-19(10-15)31(18-5-6-18)22-20-12-16(25)4-7-21(20)30-13-27-29-23(30)28-22/h4,7-13,18,32H,5-6H2,1-3H3. The van der Waals surface area contributed by atoms with Crippen molar-refractivity contribution in [1.29, 1.82) is 0 Å². The van der Waals surface area contributed by atoms with Crippen molar-refractivity contribution in [3.63, 3.8) is 0 Å². The second kappa shape index (κ2) is 7.34. The van der Waals surface area contributed by atoms with E-state index in [1.165, 1.54) is 30.6 Å². The Balaban J connectivity index is 1.72. The molecule has 0 amide bonds. The monoisotopic (exact) mass is 435 g/mol. The number of halogens is 2. The third-order valence-electron chi connectivity index (χ3n) is 5.87. The molecular formula is C24H23F2N5O. The summed E-state index contributed by atoms with van der Waals surface area (Å²) in [6.45, 7) is 5.18. The van der Waals surface area contributed by atoms with Gasteiger partial charge in [0.15, 0.2) is 0 Å². The highest BCUT2D eigenvalue weighted by molar-refractivity contribution is 5.94. The van der Waals surface area contributed by atoms with Gasteiger partial charge in [0.1, 0.15) is 23.8 Å². The molecular weight excluding hydrogens is 412 g/mol. The van der Waals surface area contributed by atoms with E-state index < -0.39 is 11.4 Å². The van der Waals surface area contributed by atoms with E-state index in [9.17, 15) is 13.9 Å². The average molecular weight is 435 g/mol. The maximum Gasteiger partial charge on any atom is 0.257 e. The Hall–Kier alpha value is -3.39. The van der Waals surface area contributed by atoms with E-state index in [1.54, 1.807) is 37.3 Å². The molecule has 2 aromatic carbocycles. The fourth-order valence-electron chi connectivity index (χ4n) is 3.80. The molecule has 0 aliphatic heterocycles. The molecule has 0 bridgehead atoms. The minimum atomic E-state index is -1.02. The van der Waals surface area contributed by atoms with Gasteiger partial charge in [-0.25, -0.2) is 8.78 Å². The van der Waals surface area contributed by atoms with Crippen LogP contribution >= 0.6 is 0 Å². The van der Waals surface area contributed by atoms with Crippen LogP contribution in [0.25, 0.3) is 22.8 Å². The summed E-state index contributed by atoms with van der Waals surface area (Å²) < 4.78 is 30.6. The van der Waals surface area contributed by atoms with Crippen LogP contribution in [0.3, 0.4) is 0 Å². The van der Waals surface area contributed by atoms with Gasteiger partial charge in [0, 0.05) is 17.1 Å². The largest absolute Gasteiger partial charge is 0.386 e. The van der Waals surface area contributed by atoms with Crippen molar-refractivity contribution < 1.29 is 13.9 Å². The number of benzene rings is 2. The number of rotatable bonds is 5. The molecule has 0 spiro atoms. The van der Waals surface area contributed by atoms with Crippen LogP contribution in [0.1, 0.15) is 39.2 Å². The Kier molecular flexibility index (Phi) is 4.70. The maximum absolute atomic E-state index is 14.7. The van der Waals surface area contributed by atoms with Crippen LogP contribution in [0, 0.1) is 11.6 Å². The topological polar surface area (TPSA) is 66.6 Å². The molecule has 1 aliphatic carbocycles. The molecule has 2 aromatic heterocycles. The van der Waals surface area contributed by atoms with Crippen LogP contribution in [0.4, 0.5) is 20.3 Å². The molecule has 0 saturated heterocycles. The molecule has 1 N–H and O–H groups in total. The van der Waals surface area contributed by atoms with Gasteiger partial charge in [0.25, 0.3) is 5.78 Å². The molecule has 0 radical (unpaired) electrons. The number of hydrogen-bond acceptors (Lipinski definition) is 5. The Morgan fingerprint density at radius 2 is 1.94 bits per heavy atom. The molecule has 164 valence electrons. The van der Waals surface area contributed by atoms with Gasteiger partial charge >= 0.3 is 0 Å². The van der Waals surface area contributed by atoms with E-state index in [-0.39, 0.29) is 11.9 Å². The molecule has 2 heterocycles. The van der Waals surface area contributed by atoms with E-state index in [0.717, 1.165) is 18.4 Å². The normalized spacial score (nSPS) is 15.0. The summed E-state index contributed by atoms with van der Waals surface area (Å²) >= 11 is 0. The summed E-state index contributed by atoms with van der Waals surface area (Å²) in [5, 5.41) is 18.9. The SMILES string of the molecule is CC(=Cc1cc(F)cc(N(c2nc3nncn3c3ccc(F)cc23)C2CC2)c1)C(C)(C)O. The van der Waals surface area contributed by atoms with Gasteiger partial charge in [-0.1, -0.05) is 6.08 Å². The van der Waals surface area contributed by atoms with Crippen LogP contribution in [0.15, 0.2) is 48.3 Å². The van der Waals surface area contributed by atoms with E-state index in [4.69, 9.17) is 0 Å². The third-order valence-corrected chi connectivity index (χ3v) is 5.87. The highest BCUT2D eigenvalue weighted by atomic mass is 19.1. The minimum absolute atomic E-state index is 0.119. The van der Waals surface area contributed by atoms with E-state index >= 15 is 0 Å². The van der Waals surface area contributed by atoms with Crippen molar-refractivity contribution in [3.8, 4) is 0 Å². The molecule has 5 rings (SSSR count). The van der Waals surface area contributed by atoms with Crippen LogP contribution in [-0.2, 0) is 0 Å². The molecule has 0 atom stereocenters. The Bertz CT molecular complexity index is 1370. The highest BCUT2D eigenvalue weighted by Gasteiger charge is 2.33. The fourth-order valence-corrected chi connectivity index (χ4v) is 3.80. The lowest BCUT2D eigenvalue weighted by molar-refractivity contribution is 0.121. The number of anilines is 2. The van der Waals surface area contributed by atoms with Crippen molar-refractivity contribution in [2.45, 2.75) is 45.3 Å². The lowest BCUT2D eigenvalue weighted by Crippen LogP contribution is -2.22. The average Bonchev–Trinajstić information content (AvgIpc) is 3.42. The second-order valence-corrected chi connectivity index (χ2v) is 8.83. The number of fused-ring (bicyclic) bond motifs is 3. The molecule has 6 nitrogen and oxygen atoms in total. The lowest BCUT2D eigenvalue weighted by Gasteiger charge is -2.26. The lowest BCUT2D eigenvalue weighted by atomic mass is 9.97. The highest BCUT2D eigenvalue weighted by Crippen LogP contribution is 2.41. The van der Waals surface area contributed by atoms with Gasteiger partial charge in [0.2, 0.25) is 0 Å². The molecule has 1 saturated carbocycles. The van der Waals surface area contributed by atoms with E-state index in [0.29, 0.717) is 33.8 Å². The Morgan fingerprint density at radius 3 is 2.66 bits per heavy atom. The molecule has 8 heteroatoms. The van der Waals surface area contributed by atoms with Crippen molar-refractivity contribution in [3.05, 3.63) is 65.5 Å².